The Kier molecular flexibility index (Phi) is 3.70. The molecule has 1 heterocycles. The third-order valence-corrected chi connectivity index (χ3v) is 6.37. The van der Waals surface area contributed by atoms with E-state index in [1.54, 1.807) is 12.1 Å². The molecule has 0 radical (unpaired) electrons. The second kappa shape index (κ2) is 5.90. The summed E-state index contributed by atoms with van der Waals surface area (Å²) in [6, 6.07) is 24.2. The van der Waals surface area contributed by atoms with E-state index in [1.165, 1.54) is 0 Å². The van der Waals surface area contributed by atoms with Gasteiger partial charge in [0.25, 0.3) is 0 Å². The average molecular weight is 347 g/mol. The number of hydrogen-bond donors (Lipinski definition) is 1. The number of aromatic amines is 1. The van der Waals surface area contributed by atoms with Crippen LogP contribution >= 0.6 is 0 Å². The third-order valence-electron chi connectivity index (χ3n) is 4.37. The van der Waals surface area contributed by atoms with Crippen LogP contribution in [0.1, 0.15) is 5.56 Å². The number of hydrogen-bond acceptors (Lipinski definition) is 2. The molecule has 0 fully saturated rings. The van der Waals surface area contributed by atoms with E-state index in [2.05, 4.69) is 4.98 Å². The highest BCUT2D eigenvalue weighted by Gasteiger charge is 2.27. The first kappa shape index (κ1) is 15.7. The molecule has 0 saturated carbocycles. The van der Waals surface area contributed by atoms with E-state index < -0.39 is 9.84 Å². The average Bonchev–Trinajstić information content (AvgIpc) is 3.03. The molecule has 0 amide bonds. The molecule has 3 aromatic carbocycles. The summed E-state index contributed by atoms with van der Waals surface area (Å²) in [5.41, 5.74) is 3.04. The van der Waals surface area contributed by atoms with Crippen LogP contribution in [0.25, 0.3) is 22.2 Å². The summed E-state index contributed by atoms with van der Waals surface area (Å²) < 4.78 is 27.0. The molecular formula is C21H17NO2S. The third kappa shape index (κ3) is 2.55. The zero-order valence-corrected chi connectivity index (χ0v) is 14.5. The maximum Gasteiger partial charge on any atom is 0.209 e. The Morgan fingerprint density at radius 2 is 1.40 bits per heavy atom. The Hall–Kier alpha value is -2.85. The monoisotopic (exact) mass is 347 g/mol. The Morgan fingerprint density at radius 3 is 2.16 bits per heavy atom. The van der Waals surface area contributed by atoms with Crippen LogP contribution < -0.4 is 0 Å². The smallest absolute Gasteiger partial charge is 0.209 e. The fourth-order valence-electron chi connectivity index (χ4n) is 3.17. The quantitative estimate of drug-likeness (QED) is 0.568. The van der Waals surface area contributed by atoms with Crippen LogP contribution in [0.5, 0.6) is 0 Å². The first-order valence-corrected chi connectivity index (χ1v) is 9.54. The maximum atomic E-state index is 13.5. The van der Waals surface area contributed by atoms with Crippen molar-refractivity contribution in [1.29, 1.82) is 0 Å². The molecule has 1 aromatic heterocycles. The van der Waals surface area contributed by atoms with Crippen LogP contribution in [0.15, 0.2) is 88.7 Å². The van der Waals surface area contributed by atoms with Gasteiger partial charge in [0.2, 0.25) is 9.84 Å². The molecule has 3 nitrogen and oxygen atoms in total. The summed E-state index contributed by atoms with van der Waals surface area (Å²) in [4.78, 5) is 3.98. The molecule has 0 saturated heterocycles. The SMILES string of the molecule is Cc1ccccc1S(=O)(=O)c1c(-c2ccccc2)[nH]c2ccccc12. The van der Waals surface area contributed by atoms with Gasteiger partial charge in [0.05, 0.1) is 10.6 Å². The van der Waals surface area contributed by atoms with Gasteiger partial charge in [-0.15, -0.1) is 0 Å². The van der Waals surface area contributed by atoms with Gasteiger partial charge in [-0.2, -0.15) is 0 Å². The number of rotatable bonds is 3. The predicted molar refractivity (Wildman–Crippen MR) is 100 cm³/mol. The predicted octanol–water partition coefficient (Wildman–Crippen LogP) is 4.98. The maximum absolute atomic E-state index is 13.5. The lowest BCUT2D eigenvalue weighted by molar-refractivity contribution is 0.596. The van der Waals surface area contributed by atoms with Gasteiger partial charge in [0.15, 0.2) is 0 Å². The normalized spacial score (nSPS) is 11.7. The Bertz CT molecular complexity index is 1160. The second-order valence-electron chi connectivity index (χ2n) is 6.01. The van der Waals surface area contributed by atoms with Gasteiger partial charge < -0.3 is 4.98 Å². The molecular weight excluding hydrogens is 330 g/mol. The summed E-state index contributed by atoms with van der Waals surface area (Å²) in [7, 11) is -3.66. The van der Waals surface area contributed by atoms with E-state index in [4.69, 9.17) is 0 Å². The van der Waals surface area contributed by atoms with Crippen molar-refractivity contribution in [2.75, 3.05) is 0 Å². The topological polar surface area (TPSA) is 49.9 Å². The molecule has 0 aliphatic heterocycles. The number of H-pyrrole nitrogens is 1. The summed E-state index contributed by atoms with van der Waals surface area (Å²) in [6.07, 6.45) is 0. The van der Waals surface area contributed by atoms with Gasteiger partial charge in [-0.05, 0) is 30.2 Å². The van der Waals surface area contributed by atoms with Gasteiger partial charge >= 0.3 is 0 Å². The molecule has 0 bridgehead atoms. The van der Waals surface area contributed by atoms with Gasteiger partial charge in [0.1, 0.15) is 4.90 Å². The summed E-state index contributed by atoms with van der Waals surface area (Å²) in [5.74, 6) is 0. The van der Waals surface area contributed by atoms with E-state index in [9.17, 15) is 8.42 Å². The first-order valence-electron chi connectivity index (χ1n) is 8.06. The van der Waals surface area contributed by atoms with E-state index in [0.29, 0.717) is 20.9 Å². The summed E-state index contributed by atoms with van der Waals surface area (Å²) >= 11 is 0. The standard InChI is InChI=1S/C21H17NO2S/c1-15-9-5-8-14-19(15)25(23,24)21-17-12-6-7-13-18(17)22-20(21)16-10-3-2-4-11-16/h2-14,22H,1H3. The number of nitrogens with one attached hydrogen (secondary N) is 1. The van der Waals surface area contributed by atoms with Crippen molar-refractivity contribution in [2.24, 2.45) is 0 Å². The molecule has 124 valence electrons. The minimum atomic E-state index is -3.66. The zero-order valence-electron chi connectivity index (χ0n) is 13.7. The van der Waals surface area contributed by atoms with Gasteiger partial charge in [-0.1, -0.05) is 66.7 Å². The highest BCUT2D eigenvalue weighted by atomic mass is 32.2. The molecule has 0 aliphatic rings. The highest BCUT2D eigenvalue weighted by Crippen LogP contribution is 2.37. The zero-order chi connectivity index (χ0) is 17.4. The lowest BCUT2D eigenvalue weighted by Crippen LogP contribution is -2.05. The molecule has 0 spiro atoms. The lowest BCUT2D eigenvalue weighted by atomic mass is 10.1. The molecule has 25 heavy (non-hydrogen) atoms. The Labute approximate surface area is 146 Å². The van der Waals surface area contributed by atoms with Crippen molar-refractivity contribution in [3.8, 4) is 11.3 Å². The van der Waals surface area contributed by atoms with Crippen LogP contribution in [0.4, 0.5) is 0 Å². The van der Waals surface area contributed by atoms with E-state index in [-0.39, 0.29) is 0 Å². The van der Waals surface area contributed by atoms with Crippen LogP contribution in [0.2, 0.25) is 0 Å². The van der Waals surface area contributed by atoms with Crippen molar-refractivity contribution in [3.05, 3.63) is 84.4 Å². The fraction of sp³-hybridized carbons (Fsp3) is 0.0476. The Morgan fingerprint density at radius 1 is 0.760 bits per heavy atom. The Balaban J connectivity index is 2.09. The number of para-hydroxylation sites is 1. The van der Waals surface area contributed by atoms with Gasteiger partial charge in [-0.3, -0.25) is 0 Å². The minimum Gasteiger partial charge on any atom is -0.353 e. The van der Waals surface area contributed by atoms with Crippen LogP contribution in [0, 0.1) is 6.92 Å². The molecule has 1 N–H and O–H groups in total. The molecule has 4 aromatic rings. The first-order chi connectivity index (χ1) is 12.1. The van der Waals surface area contributed by atoms with Crippen molar-refractivity contribution in [2.45, 2.75) is 16.7 Å². The van der Waals surface area contributed by atoms with Crippen molar-refractivity contribution >= 4 is 20.7 Å². The van der Waals surface area contributed by atoms with Crippen molar-refractivity contribution in [1.82, 2.24) is 4.98 Å². The van der Waals surface area contributed by atoms with Crippen LogP contribution in [0.3, 0.4) is 0 Å². The number of aromatic nitrogens is 1. The van der Waals surface area contributed by atoms with E-state index in [0.717, 1.165) is 16.6 Å². The summed E-state index contributed by atoms with van der Waals surface area (Å²) in [5, 5.41) is 0.713. The molecule has 0 atom stereocenters. The molecule has 4 rings (SSSR count). The van der Waals surface area contributed by atoms with Gasteiger partial charge in [0, 0.05) is 10.9 Å². The second-order valence-corrected chi connectivity index (χ2v) is 7.86. The summed E-state index contributed by atoms with van der Waals surface area (Å²) in [6.45, 7) is 1.82. The highest BCUT2D eigenvalue weighted by molar-refractivity contribution is 7.92. The van der Waals surface area contributed by atoms with Gasteiger partial charge in [-0.25, -0.2) is 8.42 Å². The molecule has 0 aliphatic carbocycles. The largest absolute Gasteiger partial charge is 0.353 e. The van der Waals surface area contributed by atoms with E-state index in [1.807, 2.05) is 73.7 Å². The van der Waals surface area contributed by atoms with Crippen LogP contribution in [-0.4, -0.2) is 13.4 Å². The van der Waals surface area contributed by atoms with Crippen molar-refractivity contribution < 1.29 is 8.42 Å². The number of fused-ring (bicyclic) bond motifs is 1. The van der Waals surface area contributed by atoms with Crippen molar-refractivity contribution in [3.63, 3.8) is 0 Å². The number of sulfone groups is 1. The number of aryl methyl sites for hydroxylation is 1. The van der Waals surface area contributed by atoms with E-state index >= 15 is 0 Å². The fourth-order valence-corrected chi connectivity index (χ4v) is 5.05. The number of benzene rings is 3. The molecule has 0 unspecified atom stereocenters. The minimum absolute atomic E-state index is 0.337. The van der Waals surface area contributed by atoms with Crippen LogP contribution in [-0.2, 0) is 9.84 Å². The lowest BCUT2D eigenvalue weighted by Gasteiger charge is -2.09. The molecule has 4 heteroatoms.